The number of fused-ring (bicyclic) bond motifs is 7. The first-order chi connectivity index (χ1) is 16.7. The van der Waals surface area contributed by atoms with E-state index in [0.717, 1.165) is 31.3 Å². The molecule has 6 nitrogen and oxygen atoms in total. The standard InChI is InChI=1S/C30H46O6/c1-16(2)17-9-12-30(25(35)36)14-23(34)28(5)18(24(17)30)7-8-19-26(3)11-10-21(32)27(4,15-31)20(26)13-22(33)29(19,28)6/h17-20,22-24,31,33-34H,1,7-15H2,2-6H3,(H,35,36)/t17-,18+,19+,20+,22-,23-,24+,26+,27-,28-,29-,30-/m0/s1. The van der Waals surface area contributed by atoms with Gasteiger partial charge >= 0.3 is 5.97 Å². The average molecular weight is 503 g/mol. The van der Waals surface area contributed by atoms with Crippen molar-refractivity contribution in [1.29, 1.82) is 0 Å². The number of hydrogen-bond acceptors (Lipinski definition) is 5. The van der Waals surface area contributed by atoms with Gasteiger partial charge in [-0.2, -0.15) is 0 Å². The largest absolute Gasteiger partial charge is 0.481 e. The topological polar surface area (TPSA) is 115 Å². The SMILES string of the molecule is C=C(C)[C@@H]1CC[C@]2(C(=O)O)C[C@H](O)[C@]3(C)[C@H](CC[C@@H]4[C@@]5(C)CCC(=O)[C@@](C)(CO)[C@@H]5C[C@H](O)[C@]43C)[C@@H]12. The highest BCUT2D eigenvalue weighted by Crippen LogP contribution is 2.77. The second kappa shape index (κ2) is 7.89. The van der Waals surface area contributed by atoms with Crippen molar-refractivity contribution in [3.05, 3.63) is 12.2 Å². The summed E-state index contributed by atoms with van der Waals surface area (Å²) < 4.78 is 0. The highest BCUT2D eigenvalue weighted by Gasteiger charge is 2.76. The molecular formula is C30H46O6. The summed E-state index contributed by atoms with van der Waals surface area (Å²) in [5.74, 6) is -0.812. The molecule has 202 valence electrons. The van der Waals surface area contributed by atoms with Gasteiger partial charge in [0.25, 0.3) is 0 Å². The van der Waals surface area contributed by atoms with Crippen LogP contribution < -0.4 is 0 Å². The van der Waals surface area contributed by atoms with E-state index in [4.69, 9.17) is 0 Å². The van der Waals surface area contributed by atoms with Crippen LogP contribution in [0.1, 0.15) is 86.0 Å². The zero-order valence-corrected chi connectivity index (χ0v) is 22.7. The zero-order valence-electron chi connectivity index (χ0n) is 22.7. The Labute approximate surface area is 215 Å². The molecule has 5 fully saturated rings. The Hall–Kier alpha value is -1.24. The Morgan fingerprint density at radius 2 is 1.67 bits per heavy atom. The highest BCUT2D eigenvalue weighted by molar-refractivity contribution is 5.86. The van der Waals surface area contributed by atoms with Crippen molar-refractivity contribution < 1.29 is 30.0 Å². The molecule has 0 aromatic carbocycles. The van der Waals surface area contributed by atoms with Gasteiger partial charge < -0.3 is 20.4 Å². The number of ketones is 1. The molecule has 0 heterocycles. The first-order valence-electron chi connectivity index (χ1n) is 14.1. The molecule has 0 spiro atoms. The first-order valence-corrected chi connectivity index (χ1v) is 14.1. The van der Waals surface area contributed by atoms with Crippen molar-refractivity contribution >= 4 is 11.8 Å². The van der Waals surface area contributed by atoms with E-state index in [1.165, 1.54) is 0 Å². The van der Waals surface area contributed by atoms with Gasteiger partial charge in [0.15, 0.2) is 0 Å². The maximum absolute atomic E-state index is 13.0. The molecule has 4 N–H and O–H groups in total. The number of carbonyl (C=O) groups is 2. The number of carboxylic acid groups (broad SMARTS) is 1. The number of allylic oxidation sites excluding steroid dienone is 1. The first kappa shape index (κ1) is 26.4. The van der Waals surface area contributed by atoms with Crippen LogP contribution in [-0.2, 0) is 9.59 Å². The van der Waals surface area contributed by atoms with E-state index in [1.807, 2.05) is 13.8 Å². The van der Waals surface area contributed by atoms with Gasteiger partial charge in [-0.15, -0.1) is 0 Å². The van der Waals surface area contributed by atoms with Crippen molar-refractivity contribution in [1.82, 2.24) is 0 Å². The van der Waals surface area contributed by atoms with Crippen molar-refractivity contribution in [2.75, 3.05) is 6.61 Å². The third kappa shape index (κ3) is 2.79. The van der Waals surface area contributed by atoms with E-state index >= 15 is 0 Å². The van der Waals surface area contributed by atoms with Crippen LogP contribution in [0, 0.1) is 56.7 Å². The Balaban J connectivity index is 1.65. The van der Waals surface area contributed by atoms with Crippen LogP contribution in [0.4, 0.5) is 0 Å². The van der Waals surface area contributed by atoms with Crippen molar-refractivity contribution in [2.45, 2.75) is 98.2 Å². The number of carbonyl (C=O) groups excluding carboxylic acids is 1. The van der Waals surface area contributed by atoms with Gasteiger partial charge in [-0.25, -0.2) is 0 Å². The Kier molecular flexibility index (Phi) is 5.78. The van der Waals surface area contributed by atoms with E-state index < -0.39 is 39.8 Å². The van der Waals surface area contributed by atoms with Crippen LogP contribution in [-0.4, -0.2) is 51.0 Å². The molecule has 5 rings (SSSR count). The van der Waals surface area contributed by atoms with Crippen LogP contribution in [0.3, 0.4) is 0 Å². The summed E-state index contributed by atoms with van der Waals surface area (Å²) in [5.41, 5.74) is -2.35. The van der Waals surface area contributed by atoms with Gasteiger partial charge in [-0.1, -0.05) is 39.8 Å². The number of aliphatic hydroxyl groups is 3. The van der Waals surface area contributed by atoms with Crippen molar-refractivity contribution in [3.63, 3.8) is 0 Å². The van der Waals surface area contributed by atoms with Crippen molar-refractivity contribution in [3.8, 4) is 0 Å². The fourth-order valence-electron chi connectivity index (χ4n) is 11.4. The molecule has 0 radical (unpaired) electrons. The smallest absolute Gasteiger partial charge is 0.310 e. The molecule has 36 heavy (non-hydrogen) atoms. The molecule has 0 saturated heterocycles. The summed E-state index contributed by atoms with van der Waals surface area (Å²) in [6, 6.07) is 0. The van der Waals surface area contributed by atoms with Gasteiger partial charge in [0.2, 0.25) is 0 Å². The Morgan fingerprint density at radius 1 is 1.00 bits per heavy atom. The number of aliphatic carboxylic acids is 1. The third-order valence-electron chi connectivity index (χ3n) is 13.5. The summed E-state index contributed by atoms with van der Waals surface area (Å²) in [4.78, 5) is 25.8. The maximum atomic E-state index is 13.0. The lowest BCUT2D eigenvalue weighted by Crippen LogP contribution is -2.74. The number of rotatable bonds is 3. The molecule has 0 aromatic heterocycles. The van der Waals surface area contributed by atoms with Crippen LogP contribution >= 0.6 is 0 Å². The summed E-state index contributed by atoms with van der Waals surface area (Å²) >= 11 is 0. The van der Waals surface area contributed by atoms with Crippen LogP contribution in [0.25, 0.3) is 0 Å². The summed E-state index contributed by atoms with van der Waals surface area (Å²) in [6.45, 7) is 14.4. The molecule has 5 saturated carbocycles. The molecule has 0 aromatic rings. The number of Topliss-reactive ketones (excluding diaryl/α,β-unsaturated/α-hetero) is 1. The maximum Gasteiger partial charge on any atom is 0.310 e. The molecule has 0 aliphatic heterocycles. The summed E-state index contributed by atoms with van der Waals surface area (Å²) in [5, 5.41) is 44.8. The molecule has 0 unspecified atom stereocenters. The average Bonchev–Trinajstić information content (AvgIpc) is 3.21. The lowest BCUT2D eigenvalue weighted by Gasteiger charge is -2.74. The molecule has 0 amide bonds. The van der Waals surface area contributed by atoms with Gasteiger partial charge in [-0.05, 0) is 86.9 Å². The molecule has 0 bridgehead atoms. The second-order valence-electron chi connectivity index (χ2n) is 14.3. The molecule has 5 aliphatic rings. The normalized spacial score (nSPS) is 56.2. The summed E-state index contributed by atoms with van der Waals surface area (Å²) in [6.07, 6.45) is 3.18. The summed E-state index contributed by atoms with van der Waals surface area (Å²) in [7, 11) is 0. The van der Waals surface area contributed by atoms with Crippen LogP contribution in [0.5, 0.6) is 0 Å². The predicted octanol–water partition coefficient (Wildman–Crippen LogP) is 4.21. The van der Waals surface area contributed by atoms with Gasteiger partial charge in [0.05, 0.1) is 29.6 Å². The van der Waals surface area contributed by atoms with Crippen molar-refractivity contribution in [2.24, 2.45) is 56.7 Å². The molecule has 12 atom stereocenters. The number of hydrogen-bond donors (Lipinski definition) is 4. The number of carboxylic acids is 1. The van der Waals surface area contributed by atoms with E-state index in [0.29, 0.717) is 19.3 Å². The third-order valence-corrected chi connectivity index (χ3v) is 13.5. The highest BCUT2D eigenvalue weighted by atomic mass is 16.4. The van der Waals surface area contributed by atoms with E-state index in [2.05, 4.69) is 27.4 Å². The minimum atomic E-state index is -0.949. The van der Waals surface area contributed by atoms with Crippen LogP contribution in [0.2, 0.25) is 0 Å². The Bertz CT molecular complexity index is 992. The van der Waals surface area contributed by atoms with Gasteiger partial charge in [0.1, 0.15) is 5.78 Å². The zero-order chi connectivity index (χ0) is 26.6. The quantitative estimate of drug-likeness (QED) is 0.430. The lowest BCUT2D eigenvalue weighted by molar-refractivity contribution is -0.299. The van der Waals surface area contributed by atoms with Crippen LogP contribution in [0.15, 0.2) is 12.2 Å². The second-order valence-corrected chi connectivity index (χ2v) is 14.3. The lowest BCUT2D eigenvalue weighted by atomic mass is 9.31. The molecular weight excluding hydrogens is 456 g/mol. The van der Waals surface area contributed by atoms with E-state index in [1.54, 1.807) is 0 Å². The fraction of sp³-hybridized carbons (Fsp3) is 0.867. The molecule has 5 aliphatic carbocycles. The monoisotopic (exact) mass is 502 g/mol. The molecule has 6 heteroatoms. The predicted molar refractivity (Wildman–Crippen MR) is 136 cm³/mol. The Morgan fingerprint density at radius 3 is 2.25 bits per heavy atom. The van der Waals surface area contributed by atoms with E-state index in [-0.39, 0.29) is 53.8 Å². The minimum absolute atomic E-state index is 0.0351. The van der Waals surface area contributed by atoms with Gasteiger partial charge in [-0.3, -0.25) is 9.59 Å². The van der Waals surface area contributed by atoms with Gasteiger partial charge in [0, 0.05) is 17.3 Å². The number of aliphatic hydroxyl groups excluding tert-OH is 3. The minimum Gasteiger partial charge on any atom is -0.481 e. The fourth-order valence-corrected chi connectivity index (χ4v) is 11.4. The van der Waals surface area contributed by atoms with E-state index in [9.17, 15) is 30.0 Å².